The molecule has 0 amide bonds. The van der Waals surface area contributed by atoms with Gasteiger partial charge in [-0.3, -0.25) is 0 Å². The molecule has 3 heterocycles. The Morgan fingerprint density at radius 1 is 0.967 bits per heavy atom. The monoisotopic (exact) mass is 420 g/mol. The van der Waals surface area contributed by atoms with Crippen LogP contribution in [-0.2, 0) is 39.8 Å². The minimum absolute atomic E-state index is 0.151. The van der Waals surface area contributed by atoms with Gasteiger partial charge in [-0.1, -0.05) is 30.3 Å². The predicted octanol–water partition coefficient (Wildman–Crippen LogP) is 2.99. The lowest BCUT2D eigenvalue weighted by Crippen LogP contribution is -2.55. The summed E-state index contributed by atoms with van der Waals surface area (Å²) in [6, 6.07) is 10.0. The highest BCUT2D eigenvalue weighted by molar-refractivity contribution is 5.50. The minimum Gasteiger partial charge on any atom is -0.374 e. The fourth-order valence-electron chi connectivity index (χ4n) is 4.60. The Hall–Kier alpha value is -1.35. The predicted molar refractivity (Wildman–Crippen MR) is 108 cm³/mol. The van der Waals surface area contributed by atoms with Gasteiger partial charge in [0.05, 0.1) is 25.4 Å². The molecule has 3 aliphatic rings. The Labute approximate surface area is 177 Å². The maximum absolute atomic E-state index is 11.1. The molecule has 7 heteroatoms. The second-order valence-corrected chi connectivity index (χ2v) is 9.14. The van der Waals surface area contributed by atoms with Crippen LogP contribution >= 0.6 is 0 Å². The molecule has 3 fully saturated rings. The average Bonchev–Trinajstić information content (AvgIpc) is 3.16. The third-order valence-electron chi connectivity index (χ3n) is 5.69. The molecule has 1 aromatic rings. The van der Waals surface area contributed by atoms with E-state index in [-0.39, 0.29) is 24.4 Å². The highest BCUT2D eigenvalue weighted by atomic mass is 16.8. The molecule has 166 valence electrons. The van der Waals surface area contributed by atoms with E-state index in [2.05, 4.69) is 0 Å². The Balaban J connectivity index is 1.48. The largest absolute Gasteiger partial charge is 0.374 e. The molecule has 1 aromatic carbocycles. The lowest BCUT2D eigenvalue weighted by molar-refractivity contribution is -0.204. The van der Waals surface area contributed by atoms with Gasteiger partial charge in [-0.25, -0.2) is 0 Å². The van der Waals surface area contributed by atoms with E-state index < -0.39 is 23.8 Å². The Morgan fingerprint density at radius 2 is 1.67 bits per heavy atom. The van der Waals surface area contributed by atoms with Gasteiger partial charge in [0.2, 0.25) is 0 Å². The highest BCUT2D eigenvalue weighted by Crippen LogP contribution is 2.42. The van der Waals surface area contributed by atoms with Gasteiger partial charge in [0.1, 0.15) is 30.7 Å². The van der Waals surface area contributed by atoms with Gasteiger partial charge in [-0.15, -0.1) is 0 Å². The number of benzene rings is 1. The van der Waals surface area contributed by atoms with Gasteiger partial charge in [-0.2, -0.15) is 0 Å². The lowest BCUT2D eigenvalue weighted by atomic mass is 9.92. The van der Waals surface area contributed by atoms with E-state index in [0.717, 1.165) is 11.8 Å². The number of carbonyl (C=O) groups is 1. The van der Waals surface area contributed by atoms with Gasteiger partial charge >= 0.3 is 0 Å². The SMILES string of the molecule is CC1(C)O[C@H]([C@@H]2O[C@@H](CC=O)C[C@H]3OC(C)(C)O[C@@H]23)[C@@H](COCc2ccccc2)O1. The van der Waals surface area contributed by atoms with E-state index in [1.165, 1.54) is 0 Å². The highest BCUT2D eigenvalue weighted by Gasteiger charge is 2.57. The van der Waals surface area contributed by atoms with E-state index in [1.54, 1.807) is 0 Å². The summed E-state index contributed by atoms with van der Waals surface area (Å²) in [5.74, 6) is -1.47. The van der Waals surface area contributed by atoms with Crippen molar-refractivity contribution in [2.24, 2.45) is 0 Å². The molecule has 0 aromatic heterocycles. The van der Waals surface area contributed by atoms with Crippen LogP contribution < -0.4 is 0 Å². The third-order valence-corrected chi connectivity index (χ3v) is 5.69. The van der Waals surface area contributed by atoms with E-state index in [0.29, 0.717) is 26.1 Å². The zero-order valence-electron chi connectivity index (χ0n) is 18.1. The number of hydrogen-bond acceptors (Lipinski definition) is 7. The van der Waals surface area contributed by atoms with Gasteiger partial charge in [0.25, 0.3) is 0 Å². The molecule has 0 unspecified atom stereocenters. The lowest BCUT2D eigenvalue weighted by Gasteiger charge is -2.39. The van der Waals surface area contributed by atoms with Crippen LogP contribution in [0.3, 0.4) is 0 Å². The molecule has 0 bridgehead atoms. The van der Waals surface area contributed by atoms with Crippen LogP contribution in [-0.4, -0.2) is 61.1 Å². The molecular formula is C23H32O7. The number of hydrogen-bond donors (Lipinski definition) is 0. The smallest absolute Gasteiger partial charge is 0.164 e. The second-order valence-electron chi connectivity index (χ2n) is 9.14. The first kappa shape index (κ1) is 21.9. The number of carbonyl (C=O) groups excluding carboxylic acids is 1. The number of aldehydes is 1. The van der Waals surface area contributed by atoms with Gasteiger partial charge in [-0.05, 0) is 33.3 Å². The van der Waals surface area contributed by atoms with Gasteiger partial charge < -0.3 is 33.2 Å². The summed E-state index contributed by atoms with van der Waals surface area (Å²) >= 11 is 0. The van der Waals surface area contributed by atoms with Crippen molar-refractivity contribution < 1.29 is 33.2 Å². The summed E-state index contributed by atoms with van der Waals surface area (Å²) in [4.78, 5) is 11.1. The first-order valence-electron chi connectivity index (χ1n) is 10.7. The van der Waals surface area contributed by atoms with Crippen LogP contribution in [0.2, 0.25) is 0 Å². The molecule has 0 saturated carbocycles. The summed E-state index contributed by atoms with van der Waals surface area (Å²) in [7, 11) is 0. The van der Waals surface area contributed by atoms with Crippen molar-refractivity contribution in [3.63, 3.8) is 0 Å². The molecule has 3 saturated heterocycles. The van der Waals surface area contributed by atoms with Crippen LogP contribution in [0.5, 0.6) is 0 Å². The van der Waals surface area contributed by atoms with Crippen molar-refractivity contribution in [2.75, 3.05) is 6.61 Å². The molecule has 0 spiro atoms. The maximum Gasteiger partial charge on any atom is 0.164 e. The number of ether oxygens (including phenoxy) is 6. The molecule has 3 aliphatic heterocycles. The topological polar surface area (TPSA) is 72.5 Å². The fourth-order valence-corrected chi connectivity index (χ4v) is 4.60. The van der Waals surface area contributed by atoms with E-state index in [4.69, 9.17) is 28.4 Å². The summed E-state index contributed by atoms with van der Waals surface area (Å²) in [6.45, 7) is 8.42. The zero-order valence-corrected chi connectivity index (χ0v) is 18.1. The summed E-state index contributed by atoms with van der Waals surface area (Å²) < 4.78 is 37.0. The normalized spacial score (nSPS) is 37.1. The van der Waals surface area contributed by atoms with Crippen LogP contribution in [0, 0.1) is 0 Å². The van der Waals surface area contributed by atoms with Crippen molar-refractivity contribution in [1.29, 1.82) is 0 Å². The van der Waals surface area contributed by atoms with E-state index in [9.17, 15) is 4.79 Å². The van der Waals surface area contributed by atoms with E-state index >= 15 is 0 Å². The second kappa shape index (κ2) is 8.65. The third kappa shape index (κ3) is 4.93. The molecule has 4 rings (SSSR count). The van der Waals surface area contributed by atoms with Crippen molar-refractivity contribution in [3.05, 3.63) is 35.9 Å². The zero-order chi connectivity index (χ0) is 21.4. The van der Waals surface area contributed by atoms with Crippen molar-refractivity contribution in [3.8, 4) is 0 Å². The van der Waals surface area contributed by atoms with Crippen LogP contribution in [0.25, 0.3) is 0 Å². The van der Waals surface area contributed by atoms with Crippen molar-refractivity contribution in [2.45, 2.75) is 95.3 Å². The van der Waals surface area contributed by atoms with Crippen molar-refractivity contribution in [1.82, 2.24) is 0 Å². The number of fused-ring (bicyclic) bond motifs is 1. The Kier molecular flexibility index (Phi) is 6.30. The Bertz CT molecular complexity index is 720. The summed E-state index contributed by atoms with van der Waals surface area (Å²) in [5.41, 5.74) is 1.10. The molecule has 7 nitrogen and oxygen atoms in total. The van der Waals surface area contributed by atoms with Crippen molar-refractivity contribution >= 4 is 6.29 Å². The first-order valence-corrected chi connectivity index (χ1v) is 10.7. The first-order chi connectivity index (χ1) is 14.3. The molecule has 30 heavy (non-hydrogen) atoms. The Morgan fingerprint density at radius 3 is 2.40 bits per heavy atom. The van der Waals surface area contributed by atoms with E-state index in [1.807, 2.05) is 58.0 Å². The number of rotatable bonds is 7. The summed E-state index contributed by atoms with van der Waals surface area (Å²) in [5, 5.41) is 0. The molecule has 0 radical (unpaired) electrons. The average molecular weight is 421 g/mol. The molecule has 0 N–H and O–H groups in total. The van der Waals surface area contributed by atoms with Gasteiger partial charge in [0.15, 0.2) is 11.6 Å². The summed E-state index contributed by atoms with van der Waals surface area (Å²) in [6.07, 6.45) is 0.0210. The van der Waals surface area contributed by atoms with Crippen LogP contribution in [0.4, 0.5) is 0 Å². The van der Waals surface area contributed by atoms with Crippen LogP contribution in [0.15, 0.2) is 30.3 Å². The fraction of sp³-hybridized carbons (Fsp3) is 0.696. The minimum atomic E-state index is -0.767. The van der Waals surface area contributed by atoms with Gasteiger partial charge in [0, 0.05) is 12.8 Å². The standard InChI is InChI=1S/C23H32O7/c1-22(2)27-17-12-16(10-11-24)26-21(19(17)29-22)20-18(28-23(3,4)30-20)14-25-13-15-8-6-5-7-9-15/h5-9,11,16-21H,10,12-14H2,1-4H3/t16-,17+,18+,19+,20-,21+/m0/s1. The maximum atomic E-state index is 11.1. The van der Waals surface area contributed by atoms with Crippen LogP contribution in [0.1, 0.15) is 46.1 Å². The molecule has 0 aliphatic carbocycles. The quantitative estimate of drug-likeness (QED) is 0.628. The molecular weight excluding hydrogens is 388 g/mol. The molecule has 6 atom stereocenters.